The van der Waals surface area contributed by atoms with Gasteiger partial charge in [-0.15, -0.1) is 0 Å². The van der Waals surface area contributed by atoms with E-state index < -0.39 is 23.5 Å². The van der Waals surface area contributed by atoms with E-state index in [9.17, 15) is 14.4 Å². The summed E-state index contributed by atoms with van der Waals surface area (Å²) < 4.78 is 26.9. The second-order valence-corrected chi connectivity index (χ2v) is 8.50. The van der Waals surface area contributed by atoms with Crippen molar-refractivity contribution in [3.05, 3.63) is 66.8 Å². The summed E-state index contributed by atoms with van der Waals surface area (Å²) in [5.74, 6) is -0.144. The number of cyclic esters (lactones) is 2. The maximum atomic E-state index is 12.3. The van der Waals surface area contributed by atoms with Crippen molar-refractivity contribution in [2.75, 3.05) is 19.8 Å². The first-order valence-corrected chi connectivity index (χ1v) is 11.0. The smallest absolute Gasteiger partial charge is 0.489 e. The molecule has 3 rings (SSSR count). The van der Waals surface area contributed by atoms with Crippen molar-refractivity contribution < 1.29 is 38.1 Å². The Morgan fingerprint density at radius 3 is 2.03 bits per heavy atom. The van der Waals surface area contributed by atoms with E-state index in [0.29, 0.717) is 23.5 Å². The predicted octanol–water partition coefficient (Wildman–Crippen LogP) is 5.26. The fraction of sp³-hybridized carbons (Fsp3) is 0.296. The van der Waals surface area contributed by atoms with Gasteiger partial charge in [0.2, 0.25) is 0 Å². The summed E-state index contributed by atoms with van der Waals surface area (Å²) in [6, 6.07) is 12.1. The predicted molar refractivity (Wildman–Crippen MR) is 128 cm³/mol. The van der Waals surface area contributed by atoms with E-state index in [2.05, 4.69) is 13.2 Å². The number of hydrogen-bond acceptors (Lipinski definition) is 8. The van der Waals surface area contributed by atoms with Gasteiger partial charge in [0, 0.05) is 11.1 Å². The Morgan fingerprint density at radius 1 is 0.886 bits per heavy atom. The molecule has 0 N–H and O–H groups in total. The number of rotatable bonds is 9. The van der Waals surface area contributed by atoms with Gasteiger partial charge in [0.25, 0.3) is 0 Å². The molecule has 0 unspecified atom stereocenters. The van der Waals surface area contributed by atoms with Crippen LogP contribution in [0, 0.1) is 5.41 Å². The van der Waals surface area contributed by atoms with Crippen molar-refractivity contribution in [2.45, 2.75) is 27.2 Å². The average molecular weight is 481 g/mol. The Balaban J connectivity index is 1.84. The molecule has 0 bridgehead atoms. The van der Waals surface area contributed by atoms with Crippen LogP contribution >= 0.6 is 0 Å². The zero-order valence-electron chi connectivity index (χ0n) is 20.1. The number of carbonyl (C=O) groups is 3. The van der Waals surface area contributed by atoms with Crippen LogP contribution in [0.3, 0.4) is 0 Å². The largest absolute Gasteiger partial charge is 0.508 e. The third-order valence-corrected chi connectivity index (χ3v) is 5.52. The SMILES string of the molecule is C=C(C)C(=O)Oc1ccc(-c2ccc(OCC3(CC)COC(=O)OC3)c(OC(=O)C(=C)C)c2)cc1. The van der Waals surface area contributed by atoms with Crippen LogP contribution in [0.1, 0.15) is 27.2 Å². The molecule has 1 fully saturated rings. The molecule has 35 heavy (non-hydrogen) atoms. The van der Waals surface area contributed by atoms with Crippen molar-refractivity contribution in [1.82, 2.24) is 0 Å². The van der Waals surface area contributed by atoms with Crippen LogP contribution in [0.4, 0.5) is 4.79 Å². The molecule has 0 spiro atoms. The van der Waals surface area contributed by atoms with Gasteiger partial charge in [-0.1, -0.05) is 38.3 Å². The van der Waals surface area contributed by atoms with Crippen molar-refractivity contribution in [2.24, 2.45) is 5.41 Å². The zero-order valence-corrected chi connectivity index (χ0v) is 20.1. The van der Waals surface area contributed by atoms with E-state index in [4.69, 9.17) is 23.7 Å². The van der Waals surface area contributed by atoms with E-state index in [1.165, 1.54) is 0 Å². The molecule has 0 atom stereocenters. The molecule has 0 saturated carbocycles. The van der Waals surface area contributed by atoms with Gasteiger partial charge in [-0.25, -0.2) is 14.4 Å². The number of benzene rings is 2. The summed E-state index contributed by atoms with van der Waals surface area (Å²) in [5.41, 5.74) is 1.58. The summed E-state index contributed by atoms with van der Waals surface area (Å²) in [5, 5.41) is 0. The Labute approximate surface area is 204 Å². The van der Waals surface area contributed by atoms with Gasteiger partial charge in [-0.2, -0.15) is 0 Å². The Hall–Kier alpha value is -4.07. The maximum absolute atomic E-state index is 12.3. The Kier molecular flexibility index (Phi) is 7.96. The second-order valence-electron chi connectivity index (χ2n) is 8.50. The third kappa shape index (κ3) is 6.50. The minimum absolute atomic E-state index is 0.170. The lowest BCUT2D eigenvalue weighted by Gasteiger charge is -2.34. The molecule has 1 aliphatic heterocycles. The van der Waals surface area contributed by atoms with Gasteiger partial charge in [-0.05, 0) is 55.7 Å². The molecular formula is C27H28O8. The Morgan fingerprint density at radius 2 is 1.46 bits per heavy atom. The van der Waals surface area contributed by atoms with E-state index in [-0.39, 0.29) is 31.1 Å². The Bertz CT molecular complexity index is 1140. The van der Waals surface area contributed by atoms with Crippen molar-refractivity contribution in [3.8, 4) is 28.4 Å². The van der Waals surface area contributed by atoms with Crippen molar-refractivity contribution >= 4 is 18.1 Å². The van der Waals surface area contributed by atoms with Gasteiger partial charge in [0.05, 0.1) is 5.41 Å². The summed E-state index contributed by atoms with van der Waals surface area (Å²) in [4.78, 5) is 35.3. The number of hydrogen-bond donors (Lipinski definition) is 0. The quantitative estimate of drug-likeness (QED) is 0.272. The molecule has 0 aromatic heterocycles. The highest BCUT2D eigenvalue weighted by Gasteiger charge is 2.37. The molecule has 2 aromatic carbocycles. The third-order valence-electron chi connectivity index (χ3n) is 5.52. The van der Waals surface area contributed by atoms with Crippen molar-refractivity contribution in [3.63, 3.8) is 0 Å². The van der Waals surface area contributed by atoms with Gasteiger partial charge in [0.1, 0.15) is 25.6 Å². The van der Waals surface area contributed by atoms with Gasteiger partial charge in [0.15, 0.2) is 11.5 Å². The van der Waals surface area contributed by atoms with E-state index in [0.717, 1.165) is 11.1 Å². The first kappa shape index (κ1) is 25.6. The van der Waals surface area contributed by atoms with E-state index in [1.807, 2.05) is 13.0 Å². The summed E-state index contributed by atoms with van der Waals surface area (Å²) in [6.45, 7) is 12.8. The molecular weight excluding hydrogens is 452 g/mol. The molecule has 184 valence electrons. The molecule has 8 nitrogen and oxygen atoms in total. The van der Waals surface area contributed by atoms with Gasteiger partial charge >= 0.3 is 18.1 Å². The zero-order chi connectivity index (χ0) is 25.6. The van der Waals surface area contributed by atoms with Gasteiger partial charge in [-0.3, -0.25) is 0 Å². The number of carbonyl (C=O) groups excluding carboxylic acids is 3. The number of ether oxygens (including phenoxy) is 5. The monoisotopic (exact) mass is 480 g/mol. The molecule has 0 amide bonds. The van der Waals surface area contributed by atoms with Crippen LogP contribution < -0.4 is 14.2 Å². The van der Waals surface area contributed by atoms with Crippen molar-refractivity contribution in [1.29, 1.82) is 0 Å². The lowest BCUT2D eigenvalue weighted by Crippen LogP contribution is -2.43. The fourth-order valence-corrected chi connectivity index (χ4v) is 3.11. The molecule has 0 aliphatic carbocycles. The maximum Gasteiger partial charge on any atom is 0.508 e. The molecule has 2 aromatic rings. The fourth-order valence-electron chi connectivity index (χ4n) is 3.11. The molecule has 0 radical (unpaired) electrons. The normalized spacial score (nSPS) is 14.2. The van der Waals surface area contributed by atoms with Crippen LogP contribution in [0.5, 0.6) is 17.2 Å². The van der Waals surface area contributed by atoms with Crippen LogP contribution in [0.2, 0.25) is 0 Å². The first-order valence-electron chi connectivity index (χ1n) is 11.0. The minimum Gasteiger partial charge on any atom is -0.489 e. The molecule has 1 heterocycles. The summed E-state index contributed by atoms with van der Waals surface area (Å²) in [7, 11) is 0. The highest BCUT2D eigenvalue weighted by molar-refractivity contribution is 5.90. The lowest BCUT2D eigenvalue weighted by atomic mass is 9.87. The average Bonchev–Trinajstić information content (AvgIpc) is 2.84. The van der Waals surface area contributed by atoms with Crippen LogP contribution in [-0.4, -0.2) is 37.9 Å². The van der Waals surface area contributed by atoms with E-state index >= 15 is 0 Å². The number of esters is 2. The van der Waals surface area contributed by atoms with Gasteiger partial charge < -0.3 is 23.7 Å². The summed E-state index contributed by atoms with van der Waals surface area (Å²) >= 11 is 0. The molecule has 1 saturated heterocycles. The van der Waals surface area contributed by atoms with E-state index in [1.54, 1.807) is 50.2 Å². The highest BCUT2D eigenvalue weighted by Crippen LogP contribution is 2.36. The standard InChI is InChI=1S/C27H28O8/c1-6-27(15-32-26(30)33-16-27)14-31-22-12-9-20(13-23(22)35-25(29)18(4)5)19-7-10-21(11-8-19)34-24(28)17(2)3/h7-13H,2,4,6,14-16H2,1,3,5H3. The topological polar surface area (TPSA) is 97.4 Å². The summed E-state index contributed by atoms with van der Waals surface area (Å²) in [6.07, 6.45) is -0.0448. The lowest BCUT2D eigenvalue weighted by molar-refractivity contribution is -0.131. The molecule has 8 heteroatoms. The molecule has 1 aliphatic rings. The first-order chi connectivity index (χ1) is 16.6. The van der Waals surface area contributed by atoms with Crippen LogP contribution in [0.25, 0.3) is 11.1 Å². The van der Waals surface area contributed by atoms with Crippen LogP contribution in [-0.2, 0) is 19.1 Å². The van der Waals surface area contributed by atoms with Crippen LogP contribution in [0.15, 0.2) is 66.8 Å². The minimum atomic E-state index is -0.699. The highest BCUT2D eigenvalue weighted by atomic mass is 16.7. The second kappa shape index (κ2) is 10.9.